The molecule has 0 aromatic heterocycles. The van der Waals surface area contributed by atoms with Crippen LogP contribution < -0.4 is 5.32 Å². The van der Waals surface area contributed by atoms with E-state index in [0.29, 0.717) is 47.4 Å². The third-order valence-corrected chi connectivity index (χ3v) is 8.61. The molecule has 0 spiro atoms. The first kappa shape index (κ1) is 22.1. The first-order valence-electron chi connectivity index (χ1n) is 11.6. The van der Waals surface area contributed by atoms with E-state index in [1.54, 1.807) is 0 Å². The van der Waals surface area contributed by atoms with Crippen LogP contribution in [0, 0.1) is 28.6 Å². The Balaban J connectivity index is 1.87. The van der Waals surface area contributed by atoms with Gasteiger partial charge in [0.15, 0.2) is 5.76 Å². The second kappa shape index (κ2) is 8.28. The number of allylic oxidation sites excluding steroid dienone is 2. The molecule has 2 saturated carbocycles. The van der Waals surface area contributed by atoms with Gasteiger partial charge in [-0.15, -0.1) is 0 Å². The summed E-state index contributed by atoms with van der Waals surface area (Å²) in [4.78, 5) is 25.7. The molecule has 0 aliphatic heterocycles. The van der Waals surface area contributed by atoms with Crippen molar-refractivity contribution in [1.29, 1.82) is 0 Å². The van der Waals surface area contributed by atoms with Crippen LogP contribution in [0.1, 0.15) is 86.0 Å². The number of rotatable bonds is 6. The van der Waals surface area contributed by atoms with Crippen LogP contribution in [-0.4, -0.2) is 23.2 Å². The summed E-state index contributed by atoms with van der Waals surface area (Å²) in [5, 5.41) is 13.8. The number of hydrogen-bond donors (Lipinski definition) is 2. The Hall–Kier alpha value is -1.58. The number of ketones is 2. The number of nitrogens with one attached hydrogen (secondary N) is 1. The van der Waals surface area contributed by atoms with Gasteiger partial charge in [0.25, 0.3) is 0 Å². The molecule has 0 amide bonds. The van der Waals surface area contributed by atoms with E-state index in [1.165, 1.54) is 38.2 Å². The molecule has 29 heavy (non-hydrogen) atoms. The number of aliphatic hydroxyl groups excluding tert-OH is 1. The average molecular weight is 402 g/mol. The van der Waals surface area contributed by atoms with Crippen molar-refractivity contribution in [3.8, 4) is 0 Å². The molecule has 0 radical (unpaired) electrons. The van der Waals surface area contributed by atoms with Crippen molar-refractivity contribution in [3.05, 3.63) is 23.1 Å². The molecule has 162 valence electrons. The quantitative estimate of drug-likeness (QED) is 0.577. The Bertz CT molecular complexity index is 736. The molecule has 3 aliphatic rings. The number of hydrogen-bond acceptors (Lipinski definition) is 4. The van der Waals surface area contributed by atoms with Crippen LogP contribution in [0.4, 0.5) is 0 Å². The molecule has 3 rings (SSSR count). The van der Waals surface area contributed by atoms with Gasteiger partial charge in [0.2, 0.25) is 11.6 Å². The summed E-state index contributed by atoms with van der Waals surface area (Å²) in [5.41, 5.74) is 0.909. The van der Waals surface area contributed by atoms with Gasteiger partial charge in [0.1, 0.15) is 0 Å². The van der Waals surface area contributed by atoms with Gasteiger partial charge >= 0.3 is 0 Å². The SMILES string of the molecule is CCC(C)CNC1=CC(=O)C(O)=C(CC2(C)C(C)CCC3(C)CCCCC32)C1=O. The maximum absolute atomic E-state index is 13.2. The minimum atomic E-state index is -0.440. The van der Waals surface area contributed by atoms with E-state index in [4.69, 9.17) is 0 Å². The van der Waals surface area contributed by atoms with Crippen LogP contribution in [0.15, 0.2) is 23.1 Å². The molecule has 4 nitrogen and oxygen atoms in total. The van der Waals surface area contributed by atoms with Crippen molar-refractivity contribution in [2.45, 2.75) is 86.0 Å². The van der Waals surface area contributed by atoms with Gasteiger partial charge in [-0.25, -0.2) is 0 Å². The van der Waals surface area contributed by atoms with Gasteiger partial charge in [-0.1, -0.05) is 53.9 Å². The lowest BCUT2D eigenvalue weighted by Gasteiger charge is -2.58. The van der Waals surface area contributed by atoms with E-state index in [1.807, 2.05) is 0 Å². The zero-order valence-corrected chi connectivity index (χ0v) is 18.9. The molecule has 0 saturated heterocycles. The van der Waals surface area contributed by atoms with E-state index in [9.17, 15) is 14.7 Å². The Kier molecular flexibility index (Phi) is 6.31. The van der Waals surface area contributed by atoms with Crippen LogP contribution in [0.3, 0.4) is 0 Å². The number of aliphatic hydroxyl groups is 1. The van der Waals surface area contributed by atoms with E-state index in [2.05, 4.69) is 39.9 Å². The van der Waals surface area contributed by atoms with Crippen LogP contribution in [0.25, 0.3) is 0 Å². The molecule has 3 aliphatic carbocycles. The summed E-state index contributed by atoms with van der Waals surface area (Å²) in [5.74, 6) is 0.440. The first-order valence-corrected chi connectivity index (χ1v) is 11.6. The standard InChI is InChI=1S/C25H39NO3/c1-6-16(2)15-26-19-13-20(27)23(29)18(22(19)28)14-25(5)17(3)10-12-24(4)11-8-7-9-21(24)25/h13,16-17,21,26,29H,6-12,14-15H2,1-5H3. The Morgan fingerprint density at radius 3 is 2.62 bits per heavy atom. The lowest BCUT2D eigenvalue weighted by Crippen LogP contribution is -2.50. The molecule has 2 N–H and O–H groups in total. The minimum Gasteiger partial charge on any atom is -0.504 e. The normalized spacial score (nSPS) is 36.5. The highest BCUT2D eigenvalue weighted by Crippen LogP contribution is 2.61. The van der Waals surface area contributed by atoms with Crippen molar-refractivity contribution < 1.29 is 14.7 Å². The van der Waals surface area contributed by atoms with Crippen LogP contribution in [-0.2, 0) is 9.59 Å². The zero-order valence-electron chi connectivity index (χ0n) is 18.9. The topological polar surface area (TPSA) is 66.4 Å². The lowest BCUT2D eigenvalue weighted by atomic mass is 9.47. The van der Waals surface area contributed by atoms with E-state index >= 15 is 0 Å². The summed E-state index contributed by atoms with van der Waals surface area (Å²) < 4.78 is 0. The lowest BCUT2D eigenvalue weighted by molar-refractivity contribution is -0.119. The number of carbonyl (C=O) groups is 2. The summed E-state index contributed by atoms with van der Waals surface area (Å²) in [6.07, 6.45) is 10.1. The summed E-state index contributed by atoms with van der Waals surface area (Å²) >= 11 is 0. The van der Waals surface area contributed by atoms with Gasteiger partial charge < -0.3 is 10.4 Å². The highest BCUT2D eigenvalue weighted by Gasteiger charge is 2.53. The van der Waals surface area contributed by atoms with Gasteiger partial charge in [-0.05, 0) is 60.7 Å². The van der Waals surface area contributed by atoms with Crippen molar-refractivity contribution in [2.24, 2.45) is 28.6 Å². The van der Waals surface area contributed by atoms with Gasteiger partial charge in [0.05, 0.1) is 5.70 Å². The van der Waals surface area contributed by atoms with Crippen molar-refractivity contribution in [3.63, 3.8) is 0 Å². The monoisotopic (exact) mass is 401 g/mol. The maximum Gasteiger partial charge on any atom is 0.222 e. The van der Waals surface area contributed by atoms with Crippen LogP contribution in [0.5, 0.6) is 0 Å². The number of fused-ring (bicyclic) bond motifs is 1. The minimum absolute atomic E-state index is 0.0775. The molecule has 0 heterocycles. The fourth-order valence-electron chi connectivity index (χ4n) is 6.13. The van der Waals surface area contributed by atoms with Crippen LogP contribution in [0.2, 0.25) is 0 Å². The smallest absolute Gasteiger partial charge is 0.222 e. The molecule has 5 atom stereocenters. The van der Waals surface area contributed by atoms with E-state index < -0.39 is 5.78 Å². The molecular weight excluding hydrogens is 362 g/mol. The fourth-order valence-corrected chi connectivity index (χ4v) is 6.13. The molecule has 0 aromatic rings. The van der Waals surface area contributed by atoms with Crippen molar-refractivity contribution >= 4 is 11.6 Å². The summed E-state index contributed by atoms with van der Waals surface area (Å²) in [7, 11) is 0. The molecule has 4 heteroatoms. The largest absolute Gasteiger partial charge is 0.504 e. The first-order chi connectivity index (χ1) is 13.6. The van der Waals surface area contributed by atoms with Gasteiger partial charge in [-0.2, -0.15) is 0 Å². The second-order valence-corrected chi connectivity index (χ2v) is 10.5. The maximum atomic E-state index is 13.2. The molecule has 0 bridgehead atoms. The van der Waals surface area contributed by atoms with E-state index in [-0.39, 0.29) is 17.0 Å². The Labute approximate surface area is 176 Å². The average Bonchev–Trinajstić information content (AvgIpc) is 2.70. The Morgan fingerprint density at radius 1 is 1.21 bits per heavy atom. The molecular formula is C25H39NO3. The highest BCUT2D eigenvalue weighted by atomic mass is 16.3. The van der Waals surface area contributed by atoms with Gasteiger partial charge in [-0.3, -0.25) is 9.59 Å². The number of Topliss-reactive ketones (excluding diaryl/α,β-unsaturated/α-hetero) is 1. The predicted molar refractivity (Wildman–Crippen MR) is 116 cm³/mol. The third-order valence-electron chi connectivity index (χ3n) is 8.61. The summed E-state index contributed by atoms with van der Waals surface area (Å²) in [6, 6.07) is 0. The highest BCUT2D eigenvalue weighted by molar-refractivity contribution is 6.21. The van der Waals surface area contributed by atoms with Gasteiger partial charge in [0, 0.05) is 18.2 Å². The number of carbonyl (C=O) groups excluding carboxylic acids is 2. The van der Waals surface area contributed by atoms with Crippen LogP contribution >= 0.6 is 0 Å². The molecule has 2 fully saturated rings. The summed E-state index contributed by atoms with van der Waals surface area (Å²) in [6.45, 7) is 11.9. The zero-order chi connectivity index (χ0) is 21.4. The molecule has 5 unspecified atom stereocenters. The fraction of sp³-hybridized carbons (Fsp3) is 0.760. The third kappa shape index (κ3) is 4.04. The predicted octanol–water partition coefficient (Wildman–Crippen LogP) is 5.49. The second-order valence-electron chi connectivity index (χ2n) is 10.5. The van der Waals surface area contributed by atoms with Crippen molar-refractivity contribution in [2.75, 3.05) is 6.54 Å². The van der Waals surface area contributed by atoms with E-state index in [0.717, 1.165) is 12.8 Å². The van der Waals surface area contributed by atoms with Crippen molar-refractivity contribution in [1.82, 2.24) is 5.32 Å². The molecule has 0 aromatic carbocycles. The Morgan fingerprint density at radius 2 is 1.93 bits per heavy atom.